The van der Waals surface area contributed by atoms with E-state index in [0.29, 0.717) is 18.0 Å². The van der Waals surface area contributed by atoms with Crippen molar-refractivity contribution in [2.45, 2.75) is 25.7 Å². The average Bonchev–Trinajstić information content (AvgIpc) is 2.42. The molecule has 1 unspecified atom stereocenters. The molecule has 4 nitrogen and oxygen atoms in total. The molecule has 1 aliphatic rings. The quantitative estimate of drug-likeness (QED) is 0.810. The van der Waals surface area contributed by atoms with Gasteiger partial charge in [0.1, 0.15) is 0 Å². The molecule has 0 amide bonds. The Morgan fingerprint density at radius 1 is 1.47 bits per heavy atom. The van der Waals surface area contributed by atoms with Crippen LogP contribution in [0.5, 0.6) is 0 Å². The Morgan fingerprint density at radius 2 is 2.32 bits per heavy atom. The third kappa shape index (κ3) is 3.39. The minimum absolute atomic E-state index is 0.264. The summed E-state index contributed by atoms with van der Waals surface area (Å²) < 4.78 is 0. The minimum atomic E-state index is 0.264. The van der Waals surface area contributed by atoms with Gasteiger partial charge < -0.3 is 15.7 Å². The van der Waals surface area contributed by atoms with Crippen LogP contribution in [0.15, 0.2) is 18.2 Å². The number of nitriles is 1. The first kappa shape index (κ1) is 13.7. The van der Waals surface area contributed by atoms with Crippen LogP contribution in [0, 0.1) is 17.2 Å². The molecule has 1 aliphatic heterocycles. The summed E-state index contributed by atoms with van der Waals surface area (Å²) in [5.74, 6) is 0.565. The summed E-state index contributed by atoms with van der Waals surface area (Å²) in [6.45, 7) is 2.29. The molecule has 1 aromatic carbocycles. The van der Waals surface area contributed by atoms with Gasteiger partial charge in [-0.15, -0.1) is 0 Å². The fraction of sp³-hybridized carbons (Fsp3) is 0.533. The number of nitrogen functional groups attached to an aromatic ring is 1. The number of hydrogen-bond acceptors (Lipinski definition) is 4. The van der Waals surface area contributed by atoms with Gasteiger partial charge in [-0.3, -0.25) is 0 Å². The highest BCUT2D eigenvalue weighted by atomic mass is 16.3. The number of nitrogens with two attached hydrogens (primary N) is 1. The highest BCUT2D eigenvalue weighted by Crippen LogP contribution is 2.27. The molecule has 0 saturated carbocycles. The summed E-state index contributed by atoms with van der Waals surface area (Å²) >= 11 is 0. The van der Waals surface area contributed by atoms with Crippen molar-refractivity contribution in [3.05, 3.63) is 23.8 Å². The third-order valence-corrected chi connectivity index (χ3v) is 3.82. The Hall–Kier alpha value is -1.73. The van der Waals surface area contributed by atoms with Crippen molar-refractivity contribution in [2.75, 3.05) is 30.3 Å². The zero-order chi connectivity index (χ0) is 13.7. The molecule has 2 rings (SSSR count). The Bertz CT molecular complexity index is 465. The fourth-order valence-electron chi connectivity index (χ4n) is 2.74. The predicted octanol–water partition coefficient (Wildman–Crippen LogP) is 1.93. The number of anilines is 2. The Morgan fingerprint density at radius 3 is 3.05 bits per heavy atom. The molecule has 1 fully saturated rings. The molecule has 1 atom stereocenters. The van der Waals surface area contributed by atoms with Crippen LogP contribution in [-0.4, -0.2) is 24.8 Å². The van der Waals surface area contributed by atoms with Crippen LogP contribution in [0.25, 0.3) is 0 Å². The molecule has 0 aliphatic carbocycles. The topological polar surface area (TPSA) is 73.3 Å². The third-order valence-electron chi connectivity index (χ3n) is 3.82. The van der Waals surface area contributed by atoms with E-state index in [1.54, 1.807) is 0 Å². The first-order chi connectivity index (χ1) is 9.24. The molecule has 0 aromatic heterocycles. The smallest absolute Gasteiger partial charge is 0.0670 e. The number of hydrogen-bond donors (Lipinski definition) is 2. The lowest BCUT2D eigenvalue weighted by atomic mass is 9.94. The van der Waals surface area contributed by atoms with Crippen LogP contribution < -0.4 is 10.6 Å². The van der Waals surface area contributed by atoms with Gasteiger partial charge in [0, 0.05) is 31.1 Å². The molecule has 4 heteroatoms. The van der Waals surface area contributed by atoms with Gasteiger partial charge in [-0.1, -0.05) is 0 Å². The maximum Gasteiger partial charge on any atom is 0.0670 e. The standard InChI is InChI=1S/C15H21N3O/c16-7-5-13-10-14(3-4-15(13)17)18-8-1-2-12(11-18)6-9-19/h3-4,10,12,19H,1-2,5-6,8-9,11,17H2. The lowest BCUT2D eigenvalue weighted by Crippen LogP contribution is -2.35. The normalized spacial score (nSPS) is 19.2. The molecule has 1 aromatic rings. The van der Waals surface area contributed by atoms with Crippen molar-refractivity contribution < 1.29 is 5.11 Å². The van der Waals surface area contributed by atoms with Gasteiger partial charge in [-0.25, -0.2) is 0 Å². The molecule has 0 bridgehead atoms. The van der Waals surface area contributed by atoms with E-state index in [2.05, 4.69) is 11.0 Å². The van der Waals surface area contributed by atoms with Gasteiger partial charge in [-0.2, -0.15) is 5.26 Å². The van der Waals surface area contributed by atoms with Gasteiger partial charge in [-0.05, 0) is 48.9 Å². The van der Waals surface area contributed by atoms with E-state index in [-0.39, 0.29) is 6.61 Å². The molecule has 19 heavy (non-hydrogen) atoms. The van der Waals surface area contributed by atoms with Crippen molar-refractivity contribution in [3.63, 3.8) is 0 Å². The molecule has 0 spiro atoms. The summed E-state index contributed by atoms with van der Waals surface area (Å²) in [5, 5.41) is 17.9. The van der Waals surface area contributed by atoms with E-state index >= 15 is 0 Å². The van der Waals surface area contributed by atoms with Gasteiger partial charge in [0.05, 0.1) is 12.5 Å². The maximum absolute atomic E-state index is 9.05. The number of rotatable bonds is 4. The van der Waals surface area contributed by atoms with E-state index in [4.69, 9.17) is 16.1 Å². The number of benzene rings is 1. The number of piperidine rings is 1. The van der Waals surface area contributed by atoms with Gasteiger partial charge in [0.25, 0.3) is 0 Å². The van der Waals surface area contributed by atoms with E-state index in [9.17, 15) is 0 Å². The maximum atomic E-state index is 9.05. The van der Waals surface area contributed by atoms with Crippen LogP contribution in [0.4, 0.5) is 11.4 Å². The first-order valence-electron chi connectivity index (χ1n) is 6.85. The zero-order valence-corrected chi connectivity index (χ0v) is 11.2. The summed E-state index contributed by atoms with van der Waals surface area (Å²) in [6.07, 6.45) is 3.57. The van der Waals surface area contributed by atoms with E-state index in [0.717, 1.165) is 37.2 Å². The minimum Gasteiger partial charge on any atom is -0.398 e. The Kier molecular flexibility index (Phi) is 4.64. The summed E-state index contributed by atoms with van der Waals surface area (Å²) in [5.41, 5.74) is 8.61. The fourth-order valence-corrected chi connectivity index (χ4v) is 2.74. The highest BCUT2D eigenvalue weighted by Gasteiger charge is 2.20. The van der Waals surface area contributed by atoms with Crippen LogP contribution in [0.2, 0.25) is 0 Å². The Balaban J connectivity index is 2.12. The van der Waals surface area contributed by atoms with Crippen molar-refractivity contribution in [3.8, 4) is 6.07 Å². The monoisotopic (exact) mass is 259 g/mol. The van der Waals surface area contributed by atoms with Gasteiger partial charge in [0.15, 0.2) is 0 Å². The second-order valence-electron chi connectivity index (χ2n) is 5.18. The van der Waals surface area contributed by atoms with Gasteiger partial charge >= 0.3 is 0 Å². The van der Waals surface area contributed by atoms with Crippen molar-refractivity contribution in [2.24, 2.45) is 5.92 Å². The largest absolute Gasteiger partial charge is 0.398 e. The summed E-state index contributed by atoms with van der Waals surface area (Å²) in [6, 6.07) is 8.09. The molecule has 3 N–H and O–H groups in total. The second kappa shape index (κ2) is 6.44. The second-order valence-corrected chi connectivity index (χ2v) is 5.18. The average molecular weight is 259 g/mol. The predicted molar refractivity (Wildman–Crippen MR) is 76.8 cm³/mol. The molecular weight excluding hydrogens is 238 g/mol. The van der Waals surface area contributed by atoms with Crippen molar-refractivity contribution in [1.29, 1.82) is 5.26 Å². The van der Waals surface area contributed by atoms with Crippen LogP contribution in [0.1, 0.15) is 24.8 Å². The van der Waals surface area contributed by atoms with E-state index in [1.165, 1.54) is 6.42 Å². The molecule has 1 heterocycles. The lowest BCUT2D eigenvalue weighted by molar-refractivity contribution is 0.244. The number of nitrogens with zero attached hydrogens (tertiary/aromatic N) is 2. The first-order valence-corrected chi connectivity index (χ1v) is 6.85. The lowest BCUT2D eigenvalue weighted by Gasteiger charge is -2.34. The molecule has 0 radical (unpaired) electrons. The molecule has 102 valence electrons. The SMILES string of the molecule is N#CCc1cc(N2CCCC(CCO)C2)ccc1N. The van der Waals surface area contributed by atoms with E-state index < -0.39 is 0 Å². The van der Waals surface area contributed by atoms with Crippen LogP contribution >= 0.6 is 0 Å². The number of aliphatic hydroxyl groups is 1. The summed E-state index contributed by atoms with van der Waals surface area (Å²) in [7, 11) is 0. The molecular formula is C15H21N3O. The van der Waals surface area contributed by atoms with Crippen LogP contribution in [-0.2, 0) is 6.42 Å². The summed E-state index contributed by atoms with van der Waals surface area (Å²) in [4.78, 5) is 2.34. The molecule has 1 saturated heterocycles. The highest BCUT2D eigenvalue weighted by molar-refractivity contribution is 5.59. The van der Waals surface area contributed by atoms with Gasteiger partial charge in [0.2, 0.25) is 0 Å². The zero-order valence-electron chi connectivity index (χ0n) is 11.2. The van der Waals surface area contributed by atoms with Crippen LogP contribution in [0.3, 0.4) is 0 Å². The number of aliphatic hydroxyl groups excluding tert-OH is 1. The van der Waals surface area contributed by atoms with E-state index in [1.807, 2.05) is 18.2 Å². The Labute approximate surface area is 114 Å². The van der Waals surface area contributed by atoms with Crippen molar-refractivity contribution >= 4 is 11.4 Å². The van der Waals surface area contributed by atoms with Crippen molar-refractivity contribution in [1.82, 2.24) is 0 Å².